The number of halogens is 2. The first-order valence-corrected chi connectivity index (χ1v) is 6.35. The maximum atomic E-state index is 13.0. The molecule has 0 atom stereocenters. The lowest BCUT2D eigenvalue weighted by Gasteiger charge is -2.01. The first kappa shape index (κ1) is 11.5. The van der Waals surface area contributed by atoms with E-state index in [-0.39, 0.29) is 11.6 Å². The Bertz CT molecular complexity index is 508. The van der Waals surface area contributed by atoms with Crippen LogP contribution < -0.4 is 0 Å². The van der Waals surface area contributed by atoms with Crippen LogP contribution >= 0.6 is 27.3 Å². The molecule has 0 radical (unpaired) electrons. The lowest BCUT2D eigenvalue weighted by Crippen LogP contribution is -2.01. The van der Waals surface area contributed by atoms with Crippen molar-refractivity contribution in [1.29, 1.82) is 0 Å². The SMILES string of the molecule is O=C(Cc1ccc(F)c(Br)c1)c1cccs1. The molecular formula is C12H8BrFOS. The molecule has 0 amide bonds. The van der Waals surface area contributed by atoms with E-state index in [1.165, 1.54) is 17.4 Å². The molecule has 16 heavy (non-hydrogen) atoms. The fraction of sp³-hybridized carbons (Fsp3) is 0.0833. The molecule has 0 N–H and O–H groups in total. The molecule has 1 aromatic heterocycles. The molecule has 1 aromatic carbocycles. The van der Waals surface area contributed by atoms with Crippen LogP contribution in [0.15, 0.2) is 40.2 Å². The molecule has 1 heterocycles. The van der Waals surface area contributed by atoms with Crippen molar-refractivity contribution in [2.75, 3.05) is 0 Å². The van der Waals surface area contributed by atoms with E-state index in [0.29, 0.717) is 10.9 Å². The summed E-state index contributed by atoms with van der Waals surface area (Å²) in [6, 6.07) is 8.28. The fourth-order valence-corrected chi connectivity index (χ4v) is 2.45. The Morgan fingerprint density at radius 1 is 1.38 bits per heavy atom. The van der Waals surface area contributed by atoms with E-state index in [0.717, 1.165) is 10.4 Å². The quantitative estimate of drug-likeness (QED) is 0.781. The second-order valence-electron chi connectivity index (χ2n) is 3.33. The molecule has 0 saturated carbocycles. The Morgan fingerprint density at radius 3 is 2.81 bits per heavy atom. The van der Waals surface area contributed by atoms with Gasteiger partial charge in [0.05, 0.1) is 9.35 Å². The van der Waals surface area contributed by atoms with E-state index < -0.39 is 0 Å². The first-order chi connectivity index (χ1) is 7.66. The summed E-state index contributed by atoms with van der Waals surface area (Å²) in [4.78, 5) is 12.5. The van der Waals surface area contributed by atoms with Crippen LogP contribution in [0.4, 0.5) is 4.39 Å². The zero-order chi connectivity index (χ0) is 11.5. The normalized spacial score (nSPS) is 10.4. The van der Waals surface area contributed by atoms with Gasteiger partial charge in [-0.2, -0.15) is 0 Å². The highest BCUT2D eigenvalue weighted by Gasteiger charge is 2.09. The van der Waals surface area contributed by atoms with Crippen LogP contribution in [0.5, 0.6) is 0 Å². The predicted molar refractivity (Wildman–Crippen MR) is 66.5 cm³/mol. The van der Waals surface area contributed by atoms with Gasteiger partial charge in [0.2, 0.25) is 0 Å². The number of rotatable bonds is 3. The highest BCUT2D eigenvalue weighted by atomic mass is 79.9. The number of ketones is 1. The maximum Gasteiger partial charge on any atom is 0.177 e. The summed E-state index contributed by atoms with van der Waals surface area (Å²) >= 11 is 4.52. The summed E-state index contributed by atoms with van der Waals surface area (Å²) in [5.74, 6) is -0.249. The summed E-state index contributed by atoms with van der Waals surface area (Å²) in [6.07, 6.45) is 0.305. The van der Waals surface area contributed by atoms with E-state index in [1.54, 1.807) is 18.2 Å². The third kappa shape index (κ3) is 2.57. The monoisotopic (exact) mass is 298 g/mol. The van der Waals surface area contributed by atoms with E-state index in [1.807, 2.05) is 11.4 Å². The smallest absolute Gasteiger partial charge is 0.177 e. The summed E-state index contributed by atoms with van der Waals surface area (Å²) in [7, 11) is 0. The standard InChI is InChI=1S/C12H8BrFOS/c13-9-6-8(3-4-10(9)14)7-11(15)12-2-1-5-16-12/h1-6H,7H2. The molecule has 82 valence electrons. The van der Waals surface area contributed by atoms with Crippen molar-refractivity contribution < 1.29 is 9.18 Å². The third-order valence-electron chi connectivity index (χ3n) is 2.14. The Labute approximate surface area is 105 Å². The van der Waals surface area contributed by atoms with Gasteiger partial charge in [-0.05, 0) is 45.1 Å². The van der Waals surface area contributed by atoms with Gasteiger partial charge in [-0.3, -0.25) is 4.79 Å². The number of carbonyl (C=O) groups is 1. The summed E-state index contributed by atoms with van der Waals surface area (Å²) in [6.45, 7) is 0. The van der Waals surface area contributed by atoms with Crippen LogP contribution in [0.25, 0.3) is 0 Å². The highest BCUT2D eigenvalue weighted by Crippen LogP contribution is 2.19. The average Bonchev–Trinajstić information content (AvgIpc) is 2.77. The van der Waals surface area contributed by atoms with Crippen LogP contribution in [0.2, 0.25) is 0 Å². The summed E-state index contributed by atoms with van der Waals surface area (Å²) < 4.78 is 13.4. The molecule has 0 bridgehead atoms. The zero-order valence-corrected chi connectivity index (χ0v) is 10.6. The summed E-state index contributed by atoms with van der Waals surface area (Å²) in [5.41, 5.74) is 0.812. The molecule has 1 nitrogen and oxygen atoms in total. The van der Waals surface area contributed by atoms with Crippen molar-refractivity contribution in [1.82, 2.24) is 0 Å². The van der Waals surface area contributed by atoms with E-state index >= 15 is 0 Å². The molecule has 0 spiro atoms. The first-order valence-electron chi connectivity index (χ1n) is 4.67. The molecule has 0 fully saturated rings. The third-order valence-corrected chi connectivity index (χ3v) is 3.66. The van der Waals surface area contributed by atoms with Crippen LogP contribution in [-0.4, -0.2) is 5.78 Å². The molecule has 0 aliphatic heterocycles. The fourth-order valence-electron chi connectivity index (χ4n) is 1.36. The van der Waals surface area contributed by atoms with Gasteiger partial charge in [0.15, 0.2) is 5.78 Å². The summed E-state index contributed by atoms with van der Waals surface area (Å²) in [5, 5.41) is 1.87. The van der Waals surface area contributed by atoms with Crippen molar-refractivity contribution in [3.8, 4) is 0 Å². The zero-order valence-electron chi connectivity index (χ0n) is 8.24. The molecular weight excluding hydrogens is 291 g/mol. The van der Waals surface area contributed by atoms with Crippen molar-refractivity contribution in [2.24, 2.45) is 0 Å². The van der Waals surface area contributed by atoms with Crippen LogP contribution in [0.1, 0.15) is 15.2 Å². The van der Waals surface area contributed by atoms with E-state index in [9.17, 15) is 9.18 Å². The largest absolute Gasteiger partial charge is 0.293 e. The van der Waals surface area contributed by atoms with E-state index in [4.69, 9.17) is 0 Å². The van der Waals surface area contributed by atoms with Crippen molar-refractivity contribution in [3.05, 3.63) is 56.4 Å². The minimum Gasteiger partial charge on any atom is -0.293 e. The maximum absolute atomic E-state index is 13.0. The highest BCUT2D eigenvalue weighted by molar-refractivity contribution is 9.10. The molecule has 0 aliphatic carbocycles. The molecule has 2 rings (SSSR count). The Kier molecular flexibility index (Phi) is 3.51. The van der Waals surface area contributed by atoms with E-state index in [2.05, 4.69) is 15.9 Å². The van der Waals surface area contributed by atoms with Gasteiger partial charge in [-0.1, -0.05) is 12.1 Å². The van der Waals surface area contributed by atoms with Gasteiger partial charge in [0.25, 0.3) is 0 Å². The molecule has 0 unspecified atom stereocenters. The molecule has 0 saturated heterocycles. The molecule has 2 aromatic rings. The number of Topliss-reactive ketones (excluding diaryl/α,β-unsaturated/α-hetero) is 1. The Hall–Kier alpha value is -1.00. The van der Waals surface area contributed by atoms with Crippen molar-refractivity contribution >= 4 is 33.0 Å². The van der Waals surface area contributed by atoms with Crippen LogP contribution in [0.3, 0.4) is 0 Å². The van der Waals surface area contributed by atoms with Gasteiger partial charge < -0.3 is 0 Å². The minimum absolute atomic E-state index is 0.0634. The van der Waals surface area contributed by atoms with Gasteiger partial charge in [0, 0.05) is 6.42 Å². The Morgan fingerprint density at radius 2 is 2.19 bits per heavy atom. The van der Waals surface area contributed by atoms with Crippen molar-refractivity contribution in [3.63, 3.8) is 0 Å². The van der Waals surface area contributed by atoms with Gasteiger partial charge in [-0.25, -0.2) is 4.39 Å². The average molecular weight is 299 g/mol. The second kappa shape index (κ2) is 4.89. The second-order valence-corrected chi connectivity index (χ2v) is 5.13. The van der Waals surface area contributed by atoms with Crippen molar-refractivity contribution in [2.45, 2.75) is 6.42 Å². The predicted octanol–water partition coefficient (Wildman–Crippen LogP) is 4.08. The number of carbonyl (C=O) groups excluding carboxylic acids is 1. The lowest BCUT2D eigenvalue weighted by molar-refractivity contribution is 0.0997. The van der Waals surface area contributed by atoms with Crippen LogP contribution in [0, 0.1) is 5.82 Å². The number of hydrogen-bond donors (Lipinski definition) is 0. The molecule has 0 aliphatic rings. The number of thiophene rings is 1. The minimum atomic E-state index is -0.313. The van der Waals surface area contributed by atoms with Gasteiger partial charge in [-0.15, -0.1) is 11.3 Å². The van der Waals surface area contributed by atoms with Gasteiger partial charge in [0.1, 0.15) is 5.82 Å². The van der Waals surface area contributed by atoms with Gasteiger partial charge >= 0.3 is 0 Å². The Balaban J connectivity index is 2.15. The lowest BCUT2D eigenvalue weighted by atomic mass is 10.1. The van der Waals surface area contributed by atoms with Crippen LogP contribution in [-0.2, 0) is 6.42 Å². The molecule has 4 heteroatoms. The number of hydrogen-bond acceptors (Lipinski definition) is 2. The topological polar surface area (TPSA) is 17.1 Å². The number of benzene rings is 1.